The fourth-order valence-corrected chi connectivity index (χ4v) is 2.62. The standard InChI is InChI=1S/C14H22N2O2/c1-10-12(9-17)7-16(8-14(10)18)6-11-3-2-4-13(15)5-11/h2-5,10,12,14,17-18H,6-9,15H2,1H3. The zero-order valence-corrected chi connectivity index (χ0v) is 10.8. The third-order valence-corrected chi connectivity index (χ3v) is 3.88. The highest BCUT2D eigenvalue weighted by molar-refractivity contribution is 5.40. The quantitative estimate of drug-likeness (QED) is 0.690. The van der Waals surface area contributed by atoms with E-state index in [1.807, 2.05) is 31.2 Å². The van der Waals surface area contributed by atoms with Crippen molar-refractivity contribution in [1.82, 2.24) is 4.90 Å². The molecule has 3 atom stereocenters. The number of likely N-dealkylation sites (tertiary alicyclic amines) is 1. The van der Waals surface area contributed by atoms with Crippen molar-refractivity contribution in [2.75, 3.05) is 25.4 Å². The van der Waals surface area contributed by atoms with Crippen LogP contribution < -0.4 is 5.73 Å². The van der Waals surface area contributed by atoms with Gasteiger partial charge < -0.3 is 15.9 Å². The van der Waals surface area contributed by atoms with Gasteiger partial charge in [0.25, 0.3) is 0 Å². The second-order valence-corrected chi connectivity index (χ2v) is 5.31. The summed E-state index contributed by atoms with van der Waals surface area (Å²) in [5, 5.41) is 19.4. The molecule has 1 aromatic carbocycles. The van der Waals surface area contributed by atoms with E-state index in [1.54, 1.807) is 0 Å². The van der Waals surface area contributed by atoms with Crippen LogP contribution in [0.5, 0.6) is 0 Å². The van der Waals surface area contributed by atoms with Crippen molar-refractivity contribution in [3.63, 3.8) is 0 Å². The van der Waals surface area contributed by atoms with Gasteiger partial charge in [0.05, 0.1) is 6.10 Å². The van der Waals surface area contributed by atoms with E-state index in [0.717, 1.165) is 24.3 Å². The van der Waals surface area contributed by atoms with E-state index in [0.29, 0.717) is 6.54 Å². The summed E-state index contributed by atoms with van der Waals surface area (Å²) in [6.07, 6.45) is -0.364. The van der Waals surface area contributed by atoms with Crippen LogP contribution in [-0.4, -0.2) is 40.9 Å². The molecule has 3 unspecified atom stereocenters. The Labute approximate surface area is 108 Å². The summed E-state index contributed by atoms with van der Waals surface area (Å²) in [5.74, 6) is 0.307. The zero-order valence-electron chi connectivity index (χ0n) is 10.8. The lowest BCUT2D eigenvalue weighted by molar-refractivity contribution is -0.0272. The molecule has 1 aliphatic rings. The second-order valence-electron chi connectivity index (χ2n) is 5.31. The number of nitrogens with two attached hydrogens (primary N) is 1. The van der Waals surface area contributed by atoms with Crippen LogP contribution in [0, 0.1) is 11.8 Å². The lowest BCUT2D eigenvalue weighted by Gasteiger charge is -2.39. The lowest BCUT2D eigenvalue weighted by atomic mass is 9.85. The predicted molar refractivity (Wildman–Crippen MR) is 71.9 cm³/mol. The van der Waals surface area contributed by atoms with Gasteiger partial charge in [-0.15, -0.1) is 0 Å². The molecule has 0 radical (unpaired) electrons. The van der Waals surface area contributed by atoms with Crippen molar-refractivity contribution in [3.05, 3.63) is 29.8 Å². The largest absolute Gasteiger partial charge is 0.399 e. The molecule has 1 aliphatic heterocycles. The summed E-state index contributed by atoms with van der Waals surface area (Å²) in [4.78, 5) is 2.18. The zero-order chi connectivity index (χ0) is 13.1. The fourth-order valence-electron chi connectivity index (χ4n) is 2.62. The van der Waals surface area contributed by atoms with Crippen LogP contribution >= 0.6 is 0 Å². The summed E-state index contributed by atoms with van der Waals surface area (Å²) < 4.78 is 0. The van der Waals surface area contributed by atoms with Gasteiger partial charge in [-0.05, 0) is 29.5 Å². The monoisotopic (exact) mass is 250 g/mol. The van der Waals surface area contributed by atoms with Crippen LogP contribution in [0.4, 0.5) is 5.69 Å². The number of aliphatic hydroxyl groups is 2. The van der Waals surface area contributed by atoms with E-state index in [9.17, 15) is 10.2 Å². The maximum Gasteiger partial charge on any atom is 0.0696 e. The van der Waals surface area contributed by atoms with E-state index >= 15 is 0 Å². The van der Waals surface area contributed by atoms with Gasteiger partial charge in [0.1, 0.15) is 0 Å². The van der Waals surface area contributed by atoms with Gasteiger partial charge >= 0.3 is 0 Å². The third kappa shape index (κ3) is 3.02. The van der Waals surface area contributed by atoms with Crippen LogP contribution in [0.15, 0.2) is 24.3 Å². The van der Waals surface area contributed by atoms with Crippen molar-refractivity contribution in [1.29, 1.82) is 0 Å². The number of anilines is 1. The summed E-state index contributed by atoms with van der Waals surface area (Å²) in [5.41, 5.74) is 7.67. The normalized spacial score (nSPS) is 29.4. The molecule has 1 saturated heterocycles. The van der Waals surface area contributed by atoms with Gasteiger partial charge in [0.15, 0.2) is 0 Å². The first-order chi connectivity index (χ1) is 8.60. The highest BCUT2D eigenvalue weighted by atomic mass is 16.3. The number of hydrogen-bond acceptors (Lipinski definition) is 4. The Bertz CT molecular complexity index is 397. The van der Waals surface area contributed by atoms with Crippen LogP contribution in [-0.2, 0) is 6.54 Å². The first kappa shape index (κ1) is 13.3. The van der Waals surface area contributed by atoms with Crippen molar-refractivity contribution in [2.24, 2.45) is 11.8 Å². The average Bonchev–Trinajstić information content (AvgIpc) is 2.33. The Morgan fingerprint density at radius 3 is 2.83 bits per heavy atom. The Balaban J connectivity index is 2.01. The van der Waals surface area contributed by atoms with Crippen LogP contribution in [0.25, 0.3) is 0 Å². The maximum absolute atomic E-state index is 10.0. The third-order valence-electron chi connectivity index (χ3n) is 3.88. The smallest absolute Gasteiger partial charge is 0.0696 e. The molecule has 4 N–H and O–H groups in total. The molecule has 4 heteroatoms. The van der Waals surface area contributed by atoms with Crippen molar-refractivity contribution >= 4 is 5.69 Å². The van der Waals surface area contributed by atoms with Crippen LogP contribution in [0.2, 0.25) is 0 Å². The van der Waals surface area contributed by atoms with E-state index in [1.165, 1.54) is 0 Å². The summed E-state index contributed by atoms with van der Waals surface area (Å²) in [7, 11) is 0. The number of aliphatic hydroxyl groups excluding tert-OH is 2. The average molecular weight is 250 g/mol. The van der Waals surface area contributed by atoms with E-state index in [-0.39, 0.29) is 24.5 Å². The SMILES string of the molecule is CC1C(O)CN(Cc2cccc(N)c2)CC1CO. The molecule has 4 nitrogen and oxygen atoms in total. The molecule has 0 amide bonds. The predicted octanol–water partition coefficient (Wildman–Crippen LogP) is 0.690. The van der Waals surface area contributed by atoms with Gasteiger partial charge in [0.2, 0.25) is 0 Å². The number of benzene rings is 1. The molecule has 0 spiro atoms. The van der Waals surface area contributed by atoms with Gasteiger partial charge in [-0.3, -0.25) is 4.90 Å². The molecule has 1 fully saturated rings. The lowest BCUT2D eigenvalue weighted by Crippen LogP contribution is -2.49. The summed E-state index contributed by atoms with van der Waals surface area (Å²) in [6.45, 7) is 4.39. The summed E-state index contributed by atoms with van der Waals surface area (Å²) >= 11 is 0. The topological polar surface area (TPSA) is 69.7 Å². The number of β-amino-alcohol motifs (C(OH)–C–C–N with tert-alkyl or cyclic N) is 1. The molecule has 1 aromatic rings. The number of rotatable bonds is 3. The Morgan fingerprint density at radius 1 is 1.39 bits per heavy atom. The van der Waals surface area contributed by atoms with Crippen molar-refractivity contribution in [3.8, 4) is 0 Å². The molecule has 100 valence electrons. The summed E-state index contributed by atoms with van der Waals surface area (Å²) in [6, 6.07) is 7.80. The minimum absolute atomic E-state index is 0.131. The molecule has 0 aromatic heterocycles. The number of hydrogen-bond donors (Lipinski definition) is 3. The van der Waals surface area contributed by atoms with E-state index < -0.39 is 0 Å². The van der Waals surface area contributed by atoms with E-state index in [4.69, 9.17) is 5.73 Å². The van der Waals surface area contributed by atoms with Gasteiger partial charge in [-0.2, -0.15) is 0 Å². The number of piperidine rings is 1. The number of nitrogens with zero attached hydrogens (tertiary/aromatic N) is 1. The van der Waals surface area contributed by atoms with Gasteiger partial charge in [-0.25, -0.2) is 0 Å². The Hall–Kier alpha value is -1.10. The Kier molecular flexibility index (Phi) is 4.22. The van der Waals surface area contributed by atoms with Gasteiger partial charge in [-0.1, -0.05) is 19.1 Å². The second kappa shape index (κ2) is 5.69. The highest BCUT2D eigenvalue weighted by Crippen LogP contribution is 2.24. The molecule has 0 aliphatic carbocycles. The van der Waals surface area contributed by atoms with Crippen LogP contribution in [0.3, 0.4) is 0 Å². The molecule has 2 rings (SSSR count). The fraction of sp³-hybridized carbons (Fsp3) is 0.571. The highest BCUT2D eigenvalue weighted by Gasteiger charge is 2.32. The van der Waals surface area contributed by atoms with Crippen molar-refractivity contribution in [2.45, 2.75) is 19.6 Å². The molecule has 0 saturated carbocycles. The maximum atomic E-state index is 10.0. The Morgan fingerprint density at radius 2 is 2.17 bits per heavy atom. The molecule has 0 bridgehead atoms. The molecular weight excluding hydrogens is 228 g/mol. The minimum atomic E-state index is -0.364. The molecular formula is C14H22N2O2. The van der Waals surface area contributed by atoms with Crippen molar-refractivity contribution < 1.29 is 10.2 Å². The minimum Gasteiger partial charge on any atom is -0.399 e. The van der Waals surface area contributed by atoms with E-state index in [2.05, 4.69) is 4.90 Å². The number of nitrogen functional groups attached to an aromatic ring is 1. The first-order valence-electron chi connectivity index (χ1n) is 6.46. The molecule has 18 heavy (non-hydrogen) atoms. The molecule has 1 heterocycles. The van der Waals surface area contributed by atoms with Gasteiger partial charge in [0, 0.05) is 31.9 Å². The van der Waals surface area contributed by atoms with Crippen LogP contribution in [0.1, 0.15) is 12.5 Å². The first-order valence-corrected chi connectivity index (χ1v) is 6.46.